The van der Waals surface area contributed by atoms with Crippen LogP contribution in [0.25, 0.3) is 0 Å². The minimum absolute atomic E-state index is 1.23. The summed E-state index contributed by atoms with van der Waals surface area (Å²) < 4.78 is 223. The molecule has 2 nitrogen and oxygen atoms in total. The summed E-state index contributed by atoms with van der Waals surface area (Å²) in [7, 11) is 0. The number of hydrogen-bond donors (Lipinski definition) is 0. The molecule has 0 aromatic heterocycles. The quantitative estimate of drug-likeness (QED) is 0.362. The van der Waals surface area contributed by atoms with E-state index in [9.17, 15) is 79.0 Å². The second kappa shape index (κ2) is 6.59. The summed E-state index contributed by atoms with van der Waals surface area (Å²) in [6.45, 7) is 0. The predicted molar refractivity (Wildman–Crippen MR) is 44.0 cm³/mol. The van der Waals surface area contributed by atoms with Crippen LogP contribution in [0.15, 0.2) is 0 Å². The maximum absolute atomic E-state index is 13.2. The Hall–Kier alpha value is -1.34. The smallest absolute Gasteiger partial charge is 0.246 e. The molecule has 0 spiro atoms. The molecule has 0 aliphatic carbocycles. The Balaban J connectivity index is 6.28. The Labute approximate surface area is 139 Å². The standard InChI is InChI=1S/C8F18O2/c9-1(10,3(13,14)15)6(22,23)27-8(26,5(19,20)21)28-7(24,25)2(11,12)4(16,17)18. The minimum atomic E-state index is -7.79. The van der Waals surface area contributed by atoms with Crippen molar-refractivity contribution in [3.8, 4) is 0 Å². The van der Waals surface area contributed by atoms with Crippen LogP contribution in [0.5, 0.6) is 0 Å². The van der Waals surface area contributed by atoms with Crippen LogP contribution >= 0.6 is 0 Å². The average Bonchev–Trinajstić information content (AvgIpc) is 2.32. The zero-order valence-corrected chi connectivity index (χ0v) is 11.6. The van der Waals surface area contributed by atoms with Crippen LogP contribution in [0.2, 0.25) is 0 Å². The van der Waals surface area contributed by atoms with Crippen LogP contribution in [-0.2, 0) is 9.47 Å². The van der Waals surface area contributed by atoms with Gasteiger partial charge in [0.1, 0.15) is 0 Å². The molecular formula is C8F18O2. The van der Waals surface area contributed by atoms with Crippen molar-refractivity contribution < 1.29 is 88.5 Å². The van der Waals surface area contributed by atoms with E-state index < -0.39 is 48.6 Å². The topological polar surface area (TPSA) is 18.5 Å². The van der Waals surface area contributed by atoms with E-state index in [1.165, 1.54) is 9.47 Å². The third kappa shape index (κ3) is 4.46. The molecule has 0 atom stereocenters. The molecule has 0 heterocycles. The Kier molecular flexibility index (Phi) is 6.27. The van der Waals surface area contributed by atoms with Crippen LogP contribution in [0.1, 0.15) is 0 Å². The first kappa shape index (κ1) is 26.7. The molecule has 170 valence electrons. The van der Waals surface area contributed by atoms with Gasteiger partial charge in [-0.3, -0.25) is 0 Å². The van der Waals surface area contributed by atoms with Crippen molar-refractivity contribution in [1.82, 2.24) is 0 Å². The van der Waals surface area contributed by atoms with Crippen molar-refractivity contribution in [2.45, 2.75) is 48.6 Å². The van der Waals surface area contributed by atoms with E-state index in [0.29, 0.717) is 0 Å². The van der Waals surface area contributed by atoms with Crippen molar-refractivity contribution in [3.05, 3.63) is 0 Å². The number of rotatable bonds is 6. The molecule has 28 heavy (non-hydrogen) atoms. The lowest BCUT2D eigenvalue weighted by Crippen LogP contribution is -2.64. The molecule has 0 aromatic carbocycles. The van der Waals surface area contributed by atoms with Crippen LogP contribution < -0.4 is 0 Å². The van der Waals surface area contributed by atoms with Crippen LogP contribution in [0.4, 0.5) is 79.0 Å². The maximum atomic E-state index is 13.2. The molecule has 0 saturated heterocycles. The summed E-state index contributed by atoms with van der Waals surface area (Å²) in [5.74, 6) is -15.6. The number of halogens is 18. The van der Waals surface area contributed by atoms with E-state index >= 15 is 0 Å². The van der Waals surface area contributed by atoms with Crippen molar-refractivity contribution in [1.29, 1.82) is 0 Å². The first-order chi connectivity index (χ1) is 11.7. The van der Waals surface area contributed by atoms with E-state index in [0.717, 1.165) is 0 Å². The van der Waals surface area contributed by atoms with Gasteiger partial charge in [0.15, 0.2) is 0 Å². The summed E-state index contributed by atoms with van der Waals surface area (Å²) in [4.78, 5) is 0. The Morgan fingerprint density at radius 1 is 0.321 bits per heavy atom. The fourth-order valence-electron chi connectivity index (χ4n) is 0.924. The molecule has 0 aliphatic heterocycles. The largest absolute Gasteiger partial charge is 0.478 e. The fraction of sp³-hybridized carbons (Fsp3) is 1.00. The van der Waals surface area contributed by atoms with Crippen LogP contribution in [-0.4, -0.2) is 48.6 Å². The summed E-state index contributed by atoms with van der Waals surface area (Å²) in [5, 5.41) is 0. The highest BCUT2D eigenvalue weighted by atomic mass is 19.4. The molecule has 0 saturated carbocycles. The van der Waals surface area contributed by atoms with E-state index in [1.54, 1.807) is 0 Å². The zero-order chi connectivity index (χ0) is 23.4. The molecular weight excluding hydrogens is 470 g/mol. The predicted octanol–water partition coefficient (Wildman–Crippen LogP) is 5.79. The Morgan fingerprint density at radius 3 is 0.679 bits per heavy atom. The highest BCUT2D eigenvalue weighted by Crippen LogP contribution is 2.55. The zero-order valence-electron chi connectivity index (χ0n) is 11.6. The fourth-order valence-corrected chi connectivity index (χ4v) is 0.924. The van der Waals surface area contributed by atoms with Gasteiger partial charge >= 0.3 is 48.6 Å². The molecule has 20 heteroatoms. The van der Waals surface area contributed by atoms with E-state index in [2.05, 4.69) is 0 Å². The summed E-state index contributed by atoms with van der Waals surface area (Å²) >= 11 is 0. The normalized spacial score (nSPS) is 16.5. The molecule has 0 rings (SSSR count). The van der Waals surface area contributed by atoms with E-state index in [1.807, 2.05) is 0 Å². The van der Waals surface area contributed by atoms with Crippen molar-refractivity contribution in [3.63, 3.8) is 0 Å². The SMILES string of the molecule is FC(F)(F)C(F)(OC(F)(F)C(F)(F)C(F)(F)F)OC(F)(F)C(F)(F)C(F)(F)F. The Bertz CT molecular complexity index is 511. The van der Waals surface area contributed by atoms with Crippen molar-refractivity contribution >= 4 is 0 Å². The van der Waals surface area contributed by atoms with Gasteiger partial charge in [-0.15, -0.1) is 0 Å². The van der Waals surface area contributed by atoms with Gasteiger partial charge in [0.05, 0.1) is 0 Å². The van der Waals surface area contributed by atoms with Crippen molar-refractivity contribution in [2.75, 3.05) is 0 Å². The molecule has 0 aromatic rings. The third-order valence-corrected chi connectivity index (χ3v) is 2.30. The van der Waals surface area contributed by atoms with Gasteiger partial charge < -0.3 is 0 Å². The molecule has 0 aliphatic rings. The first-order valence-electron chi connectivity index (χ1n) is 5.47. The van der Waals surface area contributed by atoms with E-state index in [-0.39, 0.29) is 0 Å². The maximum Gasteiger partial charge on any atom is 0.478 e. The lowest BCUT2D eigenvalue weighted by Gasteiger charge is -2.37. The first-order valence-corrected chi connectivity index (χ1v) is 5.47. The second-order valence-electron chi connectivity index (χ2n) is 4.42. The minimum Gasteiger partial charge on any atom is -0.246 e. The lowest BCUT2D eigenvalue weighted by molar-refractivity contribution is -0.576. The van der Waals surface area contributed by atoms with Gasteiger partial charge in [0.25, 0.3) is 0 Å². The average molecular weight is 470 g/mol. The molecule has 0 amide bonds. The highest BCUT2D eigenvalue weighted by molar-refractivity contribution is 4.90. The summed E-state index contributed by atoms with van der Waals surface area (Å²) in [6, 6.07) is -7.70. The van der Waals surface area contributed by atoms with Gasteiger partial charge in [-0.25, -0.2) is 9.47 Å². The number of ether oxygens (including phenoxy) is 2. The van der Waals surface area contributed by atoms with Gasteiger partial charge in [0.2, 0.25) is 0 Å². The monoisotopic (exact) mass is 470 g/mol. The van der Waals surface area contributed by atoms with Gasteiger partial charge in [0, 0.05) is 0 Å². The molecule has 0 radical (unpaired) electrons. The number of alkyl halides is 18. The lowest BCUT2D eigenvalue weighted by atomic mass is 10.3. The molecule has 0 bridgehead atoms. The molecule has 0 fully saturated rings. The van der Waals surface area contributed by atoms with Crippen LogP contribution in [0, 0.1) is 0 Å². The molecule has 0 N–H and O–H groups in total. The summed E-state index contributed by atoms with van der Waals surface area (Å²) in [5.41, 5.74) is 0. The third-order valence-electron chi connectivity index (χ3n) is 2.30. The molecule has 0 unspecified atom stereocenters. The van der Waals surface area contributed by atoms with Gasteiger partial charge in [-0.05, 0) is 0 Å². The van der Waals surface area contributed by atoms with Crippen molar-refractivity contribution in [2.24, 2.45) is 0 Å². The van der Waals surface area contributed by atoms with E-state index in [4.69, 9.17) is 0 Å². The second-order valence-corrected chi connectivity index (χ2v) is 4.42. The van der Waals surface area contributed by atoms with Crippen LogP contribution in [0.3, 0.4) is 0 Å². The Morgan fingerprint density at radius 2 is 0.536 bits per heavy atom. The number of hydrogen-bond acceptors (Lipinski definition) is 2. The van der Waals surface area contributed by atoms with Gasteiger partial charge in [-0.1, -0.05) is 0 Å². The highest BCUT2D eigenvalue weighted by Gasteiger charge is 2.83. The summed E-state index contributed by atoms with van der Waals surface area (Å²) in [6.07, 6.45) is -38.4. The van der Waals surface area contributed by atoms with Gasteiger partial charge in [-0.2, -0.15) is 79.0 Å².